The number of halogens is 1. The first-order chi connectivity index (χ1) is 10.3. The molecule has 0 atom stereocenters. The molecular weight excluding hydrogens is 325 g/mol. The second-order valence-electron chi connectivity index (χ2n) is 5.43. The Morgan fingerprint density at radius 1 is 1.41 bits per heavy atom. The summed E-state index contributed by atoms with van der Waals surface area (Å²) in [6.45, 7) is 7.05. The quantitative estimate of drug-likeness (QED) is 0.610. The van der Waals surface area contributed by atoms with Gasteiger partial charge in [-0.15, -0.1) is 11.3 Å². The molecule has 1 amide bonds. The Balaban J connectivity index is 2.27. The minimum atomic E-state index is -0.623. The van der Waals surface area contributed by atoms with Crippen molar-refractivity contribution in [2.75, 3.05) is 4.31 Å². The zero-order valence-electron chi connectivity index (χ0n) is 12.7. The van der Waals surface area contributed by atoms with E-state index in [1.807, 2.05) is 0 Å². The molecule has 0 N–H and O–H groups in total. The number of anilines is 1. The van der Waals surface area contributed by atoms with Crippen LogP contribution in [0, 0.1) is 12.9 Å². The summed E-state index contributed by atoms with van der Waals surface area (Å²) in [5.74, 6) is -0.0905. The summed E-state index contributed by atoms with van der Waals surface area (Å²) < 4.78 is 19.8. The molecule has 118 valence electrons. The third kappa shape index (κ3) is 4.41. The van der Waals surface area contributed by atoms with E-state index in [1.165, 1.54) is 21.7 Å². The van der Waals surface area contributed by atoms with Crippen molar-refractivity contribution in [3.8, 4) is 0 Å². The molecule has 2 heterocycles. The first-order valence-corrected chi connectivity index (χ1v) is 8.20. The average Bonchev–Trinajstić information content (AvgIpc) is 2.89. The van der Waals surface area contributed by atoms with Crippen LogP contribution in [0.1, 0.15) is 26.5 Å². The summed E-state index contributed by atoms with van der Waals surface area (Å²) in [7, 11) is 0. The van der Waals surface area contributed by atoms with Gasteiger partial charge in [-0.2, -0.15) is 8.70 Å². The molecule has 5 nitrogen and oxygen atoms in total. The van der Waals surface area contributed by atoms with Crippen LogP contribution in [-0.4, -0.2) is 21.7 Å². The predicted molar refractivity (Wildman–Crippen MR) is 85.6 cm³/mol. The summed E-state index contributed by atoms with van der Waals surface area (Å²) in [5, 5.41) is 1.74. The van der Waals surface area contributed by atoms with Gasteiger partial charge in [0.05, 0.1) is 16.1 Å². The number of aryl methyl sites for hydroxylation is 1. The summed E-state index contributed by atoms with van der Waals surface area (Å²) in [4.78, 5) is 20.9. The number of rotatable bonds is 3. The highest BCUT2D eigenvalue weighted by molar-refractivity contribution is 8.01. The number of pyridine rings is 1. The number of hydrogen-bond acceptors (Lipinski definition) is 6. The van der Waals surface area contributed by atoms with Crippen LogP contribution in [-0.2, 0) is 4.74 Å². The number of carbonyl (C=O) groups is 1. The van der Waals surface area contributed by atoms with E-state index < -0.39 is 17.6 Å². The summed E-state index contributed by atoms with van der Waals surface area (Å²) in [6, 6.07) is 2.83. The molecule has 0 fully saturated rings. The lowest BCUT2D eigenvalue weighted by molar-refractivity contribution is 0.0611. The molecule has 8 heteroatoms. The van der Waals surface area contributed by atoms with Gasteiger partial charge in [-0.25, -0.2) is 14.8 Å². The number of carbonyl (C=O) groups excluding carboxylic acids is 1. The van der Waals surface area contributed by atoms with Crippen LogP contribution in [0.5, 0.6) is 0 Å². The Morgan fingerprint density at radius 3 is 2.68 bits per heavy atom. The highest BCUT2D eigenvalue weighted by Gasteiger charge is 2.26. The monoisotopic (exact) mass is 341 g/mol. The highest BCUT2D eigenvalue weighted by atomic mass is 32.2. The van der Waals surface area contributed by atoms with E-state index >= 15 is 0 Å². The second kappa shape index (κ2) is 6.62. The number of thiazole rings is 1. The molecule has 0 spiro atoms. The molecule has 0 radical (unpaired) electrons. The lowest BCUT2D eigenvalue weighted by Crippen LogP contribution is -2.32. The third-order valence-electron chi connectivity index (χ3n) is 2.38. The second-order valence-corrected chi connectivity index (χ2v) is 7.14. The average molecular weight is 341 g/mol. The summed E-state index contributed by atoms with van der Waals surface area (Å²) in [6.07, 6.45) is -0.535. The third-order valence-corrected chi connectivity index (χ3v) is 4.10. The van der Waals surface area contributed by atoms with Crippen molar-refractivity contribution in [3.05, 3.63) is 34.7 Å². The van der Waals surface area contributed by atoms with Crippen molar-refractivity contribution in [3.63, 3.8) is 0 Å². The van der Waals surface area contributed by atoms with Gasteiger partial charge in [-0.05, 0) is 39.8 Å². The van der Waals surface area contributed by atoms with Gasteiger partial charge in [0.25, 0.3) is 0 Å². The topological polar surface area (TPSA) is 55.3 Å². The van der Waals surface area contributed by atoms with Gasteiger partial charge in [-0.3, -0.25) is 0 Å². The molecule has 22 heavy (non-hydrogen) atoms. The molecule has 0 saturated heterocycles. The maximum absolute atomic E-state index is 13.1. The molecule has 2 aromatic rings. The first-order valence-electron chi connectivity index (χ1n) is 6.49. The smallest absolute Gasteiger partial charge is 0.426 e. The van der Waals surface area contributed by atoms with E-state index in [4.69, 9.17) is 4.74 Å². The molecule has 0 bridgehead atoms. The number of ether oxygens (including phenoxy) is 1. The van der Waals surface area contributed by atoms with E-state index in [0.717, 1.165) is 11.9 Å². The van der Waals surface area contributed by atoms with Crippen molar-refractivity contribution in [2.24, 2.45) is 0 Å². The first kappa shape index (κ1) is 16.7. The number of amides is 1. The van der Waals surface area contributed by atoms with Gasteiger partial charge in [0.2, 0.25) is 5.95 Å². The zero-order valence-corrected chi connectivity index (χ0v) is 14.3. The van der Waals surface area contributed by atoms with Gasteiger partial charge >= 0.3 is 6.09 Å². The predicted octanol–water partition coefficient (Wildman–Crippen LogP) is 4.43. The van der Waals surface area contributed by atoms with Gasteiger partial charge in [0.1, 0.15) is 5.60 Å². The zero-order chi connectivity index (χ0) is 16.3. The van der Waals surface area contributed by atoms with Crippen LogP contribution in [0.3, 0.4) is 0 Å². The van der Waals surface area contributed by atoms with E-state index in [-0.39, 0.29) is 0 Å². The summed E-state index contributed by atoms with van der Waals surface area (Å²) in [5.41, 5.74) is 1.50. The maximum atomic E-state index is 13.1. The van der Waals surface area contributed by atoms with Crippen molar-refractivity contribution in [1.82, 2.24) is 9.97 Å². The van der Waals surface area contributed by atoms with Crippen molar-refractivity contribution in [1.29, 1.82) is 0 Å². The minimum Gasteiger partial charge on any atom is -0.443 e. The lowest BCUT2D eigenvalue weighted by atomic mass is 10.2. The molecule has 0 aliphatic heterocycles. The number of aromatic nitrogens is 2. The van der Waals surface area contributed by atoms with E-state index in [1.54, 1.807) is 44.7 Å². The van der Waals surface area contributed by atoms with Gasteiger partial charge in [-0.1, -0.05) is 0 Å². The Labute approximate surface area is 136 Å². The van der Waals surface area contributed by atoms with Gasteiger partial charge < -0.3 is 4.74 Å². The van der Waals surface area contributed by atoms with Crippen LogP contribution in [0.4, 0.5) is 15.0 Å². The van der Waals surface area contributed by atoms with Gasteiger partial charge in [0.15, 0.2) is 5.82 Å². The number of hydrogen-bond donors (Lipinski definition) is 0. The fourth-order valence-corrected chi connectivity index (χ4v) is 2.89. The maximum Gasteiger partial charge on any atom is 0.426 e. The molecule has 0 unspecified atom stereocenters. The van der Waals surface area contributed by atoms with Crippen molar-refractivity contribution < 1.29 is 13.9 Å². The van der Waals surface area contributed by atoms with Crippen LogP contribution in [0.2, 0.25) is 0 Å². The van der Waals surface area contributed by atoms with E-state index in [0.29, 0.717) is 16.4 Å². The van der Waals surface area contributed by atoms with Crippen LogP contribution < -0.4 is 4.31 Å². The summed E-state index contributed by atoms with van der Waals surface area (Å²) >= 11 is 2.48. The fourth-order valence-electron chi connectivity index (χ4n) is 1.50. The van der Waals surface area contributed by atoms with Crippen LogP contribution >= 0.6 is 23.3 Å². The Bertz CT molecular complexity index is 657. The normalized spacial score (nSPS) is 11.3. The molecule has 0 aromatic carbocycles. The highest BCUT2D eigenvalue weighted by Crippen LogP contribution is 2.31. The Kier molecular flexibility index (Phi) is 5.02. The molecule has 2 rings (SSSR count). The van der Waals surface area contributed by atoms with Crippen LogP contribution in [0.25, 0.3) is 0 Å². The Morgan fingerprint density at radius 2 is 2.14 bits per heavy atom. The van der Waals surface area contributed by atoms with Crippen molar-refractivity contribution in [2.45, 2.75) is 38.2 Å². The standard InChI is InChI=1S/C14H16FN3O2S2/c1-9-10(5-6-11(15)17-9)22-18(12-7-21-8-16-12)13(19)20-14(2,3)4/h5-8H,1-4H3. The molecule has 2 aromatic heterocycles. The van der Waals surface area contributed by atoms with E-state index in [2.05, 4.69) is 9.97 Å². The lowest BCUT2D eigenvalue weighted by Gasteiger charge is -2.25. The SMILES string of the molecule is Cc1nc(F)ccc1SN(C(=O)OC(C)(C)C)c1cscn1. The fraction of sp³-hybridized carbons (Fsp3) is 0.357. The Hall–Kier alpha value is -1.67. The van der Waals surface area contributed by atoms with Gasteiger partial charge in [0, 0.05) is 17.3 Å². The largest absolute Gasteiger partial charge is 0.443 e. The molecular formula is C14H16FN3O2S2. The number of nitrogens with zero attached hydrogens (tertiary/aromatic N) is 3. The molecule has 0 aliphatic carbocycles. The molecule has 0 saturated carbocycles. The van der Waals surface area contributed by atoms with Crippen molar-refractivity contribution >= 4 is 35.2 Å². The van der Waals surface area contributed by atoms with Crippen LogP contribution in [0.15, 0.2) is 27.9 Å². The van der Waals surface area contributed by atoms with E-state index in [9.17, 15) is 9.18 Å². The minimum absolute atomic E-state index is 0.466. The molecule has 0 aliphatic rings.